The molecule has 3 heterocycles. The number of unbranched alkanes of at least 4 members (excludes halogenated alkanes) is 30. The van der Waals surface area contributed by atoms with Gasteiger partial charge in [0, 0.05) is 6.42 Å². The Morgan fingerprint density at radius 1 is 0.449 bits per heavy atom. The fraction of sp³-hybridized carbons (Fsp3) is 0.949. The van der Waals surface area contributed by atoms with Gasteiger partial charge in [0.25, 0.3) is 0 Å². The molecule has 3 aliphatic heterocycles. The first-order valence-corrected chi connectivity index (χ1v) is 30.9. The Balaban J connectivity index is 1.39. The van der Waals surface area contributed by atoms with Gasteiger partial charge in [-0.1, -0.05) is 212 Å². The zero-order valence-electron chi connectivity index (χ0n) is 47.9. The number of carbonyl (C=O) groups is 1. The summed E-state index contributed by atoms with van der Waals surface area (Å²) >= 11 is 0. The van der Waals surface area contributed by atoms with Crippen molar-refractivity contribution < 1.29 is 89.4 Å². The minimum Gasteiger partial charge on any atom is -0.394 e. The summed E-state index contributed by atoms with van der Waals surface area (Å²) in [5.41, 5.74) is 0. The van der Waals surface area contributed by atoms with Gasteiger partial charge >= 0.3 is 0 Å². The number of nitrogens with one attached hydrogen (secondary N) is 1. The summed E-state index contributed by atoms with van der Waals surface area (Å²) in [5.74, 6) is -0.275. The van der Waals surface area contributed by atoms with Crippen molar-refractivity contribution in [3.05, 3.63) is 12.2 Å². The summed E-state index contributed by atoms with van der Waals surface area (Å²) in [5, 5.41) is 120. The van der Waals surface area contributed by atoms with Crippen LogP contribution in [0.5, 0.6) is 0 Å². The van der Waals surface area contributed by atoms with Crippen LogP contribution >= 0.6 is 0 Å². The fourth-order valence-corrected chi connectivity index (χ4v) is 10.7. The molecule has 19 nitrogen and oxygen atoms in total. The topological polar surface area (TPSA) is 307 Å². The second-order valence-electron chi connectivity index (χ2n) is 22.5. The highest BCUT2D eigenvalue weighted by Gasteiger charge is 2.53. The van der Waals surface area contributed by atoms with Gasteiger partial charge in [-0.15, -0.1) is 0 Å². The number of ether oxygens (including phenoxy) is 6. The van der Waals surface area contributed by atoms with E-state index in [0.717, 1.165) is 51.4 Å². The van der Waals surface area contributed by atoms with Gasteiger partial charge in [-0.25, -0.2) is 0 Å². The van der Waals surface area contributed by atoms with Crippen molar-refractivity contribution in [3.8, 4) is 0 Å². The molecule has 1 amide bonds. The third kappa shape index (κ3) is 26.8. The van der Waals surface area contributed by atoms with Crippen molar-refractivity contribution in [1.82, 2.24) is 5.32 Å². The lowest BCUT2D eigenvalue weighted by Gasteiger charge is -2.48. The molecule has 17 unspecified atom stereocenters. The quantitative estimate of drug-likeness (QED) is 0.0254. The molecular weight excluding hydrogens is 1010 g/mol. The van der Waals surface area contributed by atoms with Crippen LogP contribution in [0.4, 0.5) is 0 Å². The molecular formula is C59H111NO18. The highest BCUT2D eigenvalue weighted by molar-refractivity contribution is 5.76. The maximum atomic E-state index is 13.3. The molecule has 78 heavy (non-hydrogen) atoms. The van der Waals surface area contributed by atoms with Crippen LogP contribution in [-0.2, 0) is 33.2 Å². The molecule has 3 saturated heterocycles. The van der Waals surface area contributed by atoms with Gasteiger partial charge in [0.2, 0.25) is 5.91 Å². The molecule has 0 aliphatic carbocycles. The van der Waals surface area contributed by atoms with Gasteiger partial charge < -0.3 is 89.9 Å². The maximum absolute atomic E-state index is 13.3. The van der Waals surface area contributed by atoms with Crippen LogP contribution in [-0.4, -0.2) is 193 Å². The third-order valence-electron chi connectivity index (χ3n) is 15.8. The molecule has 3 rings (SSSR count). The van der Waals surface area contributed by atoms with Crippen LogP contribution in [0.3, 0.4) is 0 Å². The Labute approximate surface area is 467 Å². The second-order valence-corrected chi connectivity index (χ2v) is 22.5. The van der Waals surface area contributed by atoms with Gasteiger partial charge in [-0.3, -0.25) is 4.79 Å². The fourth-order valence-electron chi connectivity index (χ4n) is 10.7. The van der Waals surface area contributed by atoms with Gasteiger partial charge in [0.05, 0.1) is 38.6 Å². The number of amides is 1. The van der Waals surface area contributed by atoms with E-state index < -0.39 is 124 Å². The largest absolute Gasteiger partial charge is 0.394 e. The lowest BCUT2D eigenvalue weighted by molar-refractivity contribution is -0.379. The molecule has 19 heteroatoms. The van der Waals surface area contributed by atoms with E-state index in [9.17, 15) is 61.0 Å². The van der Waals surface area contributed by atoms with Crippen LogP contribution in [0.2, 0.25) is 0 Å². The minimum absolute atomic E-state index is 0.248. The number of hydrogen-bond acceptors (Lipinski definition) is 18. The van der Waals surface area contributed by atoms with E-state index in [1.165, 1.54) is 148 Å². The van der Waals surface area contributed by atoms with Crippen LogP contribution in [0.25, 0.3) is 0 Å². The van der Waals surface area contributed by atoms with E-state index in [4.69, 9.17) is 28.4 Å². The summed E-state index contributed by atoms with van der Waals surface area (Å²) < 4.78 is 34.2. The van der Waals surface area contributed by atoms with E-state index >= 15 is 0 Å². The molecule has 3 aliphatic rings. The van der Waals surface area contributed by atoms with Gasteiger partial charge in [0.15, 0.2) is 18.9 Å². The Morgan fingerprint density at radius 3 is 1.21 bits per heavy atom. The Kier molecular flexibility index (Phi) is 39.2. The van der Waals surface area contributed by atoms with Crippen molar-refractivity contribution in [3.63, 3.8) is 0 Å². The minimum atomic E-state index is -1.97. The molecule has 17 atom stereocenters. The number of hydrogen-bond donors (Lipinski definition) is 12. The number of aliphatic hydroxyl groups excluding tert-OH is 11. The highest BCUT2D eigenvalue weighted by atomic mass is 16.8. The first-order chi connectivity index (χ1) is 37.8. The monoisotopic (exact) mass is 1120 g/mol. The molecule has 0 bridgehead atoms. The average Bonchev–Trinajstić information content (AvgIpc) is 3.48. The molecule has 0 aromatic heterocycles. The first kappa shape index (κ1) is 70.8. The van der Waals surface area contributed by atoms with E-state index in [-0.39, 0.29) is 18.9 Å². The van der Waals surface area contributed by atoms with Crippen LogP contribution in [0, 0.1) is 0 Å². The van der Waals surface area contributed by atoms with E-state index in [2.05, 4.69) is 19.2 Å². The van der Waals surface area contributed by atoms with Crippen molar-refractivity contribution in [2.75, 3.05) is 26.4 Å². The van der Waals surface area contributed by atoms with Crippen molar-refractivity contribution in [2.45, 2.75) is 330 Å². The van der Waals surface area contributed by atoms with Crippen molar-refractivity contribution in [1.29, 1.82) is 0 Å². The van der Waals surface area contributed by atoms with Crippen molar-refractivity contribution in [2.24, 2.45) is 0 Å². The third-order valence-corrected chi connectivity index (χ3v) is 15.8. The predicted octanol–water partition coefficient (Wildman–Crippen LogP) is 5.77. The summed E-state index contributed by atoms with van der Waals surface area (Å²) in [6.45, 7) is 1.68. The van der Waals surface area contributed by atoms with E-state index in [0.29, 0.717) is 6.42 Å². The molecule has 0 radical (unpaired) electrons. The number of rotatable bonds is 46. The highest BCUT2D eigenvalue weighted by Crippen LogP contribution is 2.33. The molecule has 460 valence electrons. The molecule has 0 aromatic carbocycles. The predicted molar refractivity (Wildman–Crippen MR) is 296 cm³/mol. The summed E-state index contributed by atoms with van der Waals surface area (Å²) in [6.07, 6.45) is 16.7. The Morgan fingerprint density at radius 2 is 0.795 bits per heavy atom. The summed E-state index contributed by atoms with van der Waals surface area (Å²) in [6, 6.07) is -0.965. The smallest absolute Gasteiger partial charge is 0.220 e. The maximum Gasteiger partial charge on any atom is 0.220 e. The van der Waals surface area contributed by atoms with Crippen LogP contribution < -0.4 is 5.32 Å². The summed E-state index contributed by atoms with van der Waals surface area (Å²) in [4.78, 5) is 13.3. The van der Waals surface area contributed by atoms with Crippen LogP contribution in [0.1, 0.15) is 226 Å². The zero-order valence-corrected chi connectivity index (χ0v) is 47.9. The lowest BCUT2D eigenvalue weighted by Crippen LogP contribution is -2.66. The molecule has 12 N–H and O–H groups in total. The van der Waals surface area contributed by atoms with E-state index in [1.54, 1.807) is 6.08 Å². The Bertz CT molecular complexity index is 1480. The number of carbonyl (C=O) groups excluding carboxylic acids is 1. The molecule has 0 saturated carbocycles. The summed E-state index contributed by atoms with van der Waals surface area (Å²) in [7, 11) is 0. The average molecular weight is 1120 g/mol. The standard InChI is InChI=1S/C59H111NO18/c1-3-5-7-9-11-13-14-15-16-17-18-19-20-21-22-23-24-25-26-27-28-29-31-33-35-37-47(65)60-42(43(64)36-34-32-30-12-10-8-6-4-2)41-73-57-53(71)50(68)55(45(39-62)75-57)78-59-54(72)51(69)56(46(40-63)76-59)77-58-52(70)49(67)48(66)44(38-61)74-58/h34,36,42-46,48-59,61-64,66-72H,3-33,35,37-41H2,1-2H3,(H,60,65)/b36-34+. The molecule has 3 fully saturated rings. The molecule has 0 aromatic rings. The molecule has 0 spiro atoms. The SMILES string of the molecule is CCCCCCCC/C=C/C(O)C(COC1OC(CO)C(OC2OC(CO)C(OC3OC(CO)C(O)C(O)C3O)C(O)C2O)C(O)C1O)NC(=O)CCCCCCCCCCCCCCCCCCCCCCCCCCC. The zero-order chi connectivity index (χ0) is 56.9. The second kappa shape index (κ2) is 43.2. The van der Waals surface area contributed by atoms with Gasteiger partial charge in [-0.05, 0) is 19.3 Å². The van der Waals surface area contributed by atoms with Gasteiger partial charge in [-0.2, -0.15) is 0 Å². The lowest BCUT2D eigenvalue weighted by atomic mass is 9.96. The van der Waals surface area contributed by atoms with Crippen LogP contribution in [0.15, 0.2) is 12.2 Å². The number of aliphatic hydroxyl groups is 11. The first-order valence-electron chi connectivity index (χ1n) is 30.9. The van der Waals surface area contributed by atoms with Gasteiger partial charge in [0.1, 0.15) is 73.2 Å². The van der Waals surface area contributed by atoms with E-state index in [1.807, 2.05) is 6.08 Å². The Hall–Kier alpha value is -1.47. The number of allylic oxidation sites excluding steroid dienone is 1. The van der Waals surface area contributed by atoms with Crippen molar-refractivity contribution >= 4 is 5.91 Å². The normalized spacial score (nSPS) is 30.5.